The third kappa shape index (κ3) is 2.33. The summed E-state index contributed by atoms with van der Waals surface area (Å²) in [5, 5.41) is 8.92. The Morgan fingerprint density at radius 3 is 2.05 bits per heavy atom. The van der Waals surface area contributed by atoms with Gasteiger partial charge in [-0.1, -0.05) is 6.58 Å². The molecule has 12 heteroatoms. The van der Waals surface area contributed by atoms with Crippen molar-refractivity contribution in [3.05, 3.63) is 12.7 Å². The molecule has 0 aliphatic carbocycles. The van der Waals surface area contributed by atoms with Gasteiger partial charge < -0.3 is 14.6 Å². The molecule has 0 spiro atoms. The molecule has 0 aromatic carbocycles. The van der Waals surface area contributed by atoms with E-state index in [1.165, 1.54) is 0 Å². The van der Waals surface area contributed by atoms with Crippen LogP contribution in [0.15, 0.2) is 12.7 Å². The molecular formula is C10H8F8O4. The van der Waals surface area contributed by atoms with E-state index < -0.39 is 48.7 Å². The summed E-state index contributed by atoms with van der Waals surface area (Å²) in [5.41, 5.74) is -4.57. The minimum Gasteiger partial charge on any atom is -0.461 e. The third-order valence-electron chi connectivity index (χ3n) is 3.11. The molecule has 0 amide bonds. The van der Waals surface area contributed by atoms with E-state index in [0.29, 0.717) is 6.08 Å². The molecule has 1 heterocycles. The number of hydrogen-bond acceptors (Lipinski definition) is 4. The van der Waals surface area contributed by atoms with Crippen LogP contribution < -0.4 is 0 Å². The van der Waals surface area contributed by atoms with Gasteiger partial charge in [0.2, 0.25) is 0 Å². The van der Waals surface area contributed by atoms with Gasteiger partial charge in [0.25, 0.3) is 0 Å². The van der Waals surface area contributed by atoms with Gasteiger partial charge in [-0.2, -0.15) is 35.1 Å². The number of carbonyl (C=O) groups excluding carboxylic acids is 1. The molecule has 128 valence electrons. The highest BCUT2D eigenvalue weighted by Gasteiger charge is 2.88. The lowest BCUT2D eigenvalue weighted by molar-refractivity contribution is -0.418. The molecule has 2 atom stereocenters. The smallest absolute Gasteiger partial charge is 0.449 e. The summed E-state index contributed by atoms with van der Waals surface area (Å²) in [6.45, 7) is -1.66. The topological polar surface area (TPSA) is 55.8 Å². The second kappa shape index (κ2) is 5.05. The van der Waals surface area contributed by atoms with E-state index in [1.54, 1.807) is 0 Å². The van der Waals surface area contributed by atoms with Crippen LogP contribution >= 0.6 is 0 Å². The Bertz CT molecular complexity index is 471. The highest BCUT2D eigenvalue weighted by atomic mass is 19.4. The Kier molecular flexibility index (Phi) is 4.27. The fourth-order valence-corrected chi connectivity index (χ4v) is 1.72. The fraction of sp³-hybridized carbons (Fsp3) is 0.700. The summed E-state index contributed by atoms with van der Waals surface area (Å²) in [7, 11) is 0. The minimum absolute atomic E-state index is 0.327. The molecule has 2 unspecified atom stereocenters. The van der Waals surface area contributed by atoms with E-state index in [-0.39, 0.29) is 0 Å². The Morgan fingerprint density at radius 2 is 1.73 bits per heavy atom. The number of hydrogen-bond donors (Lipinski definition) is 1. The molecule has 0 saturated carbocycles. The predicted octanol–water partition coefficient (Wildman–Crippen LogP) is 2.18. The molecule has 0 aromatic rings. The zero-order valence-electron chi connectivity index (χ0n) is 10.4. The van der Waals surface area contributed by atoms with Crippen molar-refractivity contribution in [1.82, 2.24) is 0 Å². The Labute approximate surface area is 117 Å². The van der Waals surface area contributed by atoms with Gasteiger partial charge in [-0.3, -0.25) is 0 Å². The normalized spacial score (nSPS) is 31.9. The second-order valence-electron chi connectivity index (χ2n) is 4.40. The summed E-state index contributed by atoms with van der Waals surface area (Å²) in [4.78, 5) is 10.7. The summed E-state index contributed by atoms with van der Waals surface area (Å²) in [6.07, 6.45) is -11.9. The van der Waals surface area contributed by atoms with E-state index in [9.17, 15) is 39.9 Å². The summed E-state index contributed by atoms with van der Waals surface area (Å²) in [6, 6.07) is 0. The highest BCUT2D eigenvalue weighted by molar-refractivity contribution is 5.81. The van der Waals surface area contributed by atoms with Crippen molar-refractivity contribution < 1.29 is 54.5 Å². The summed E-state index contributed by atoms with van der Waals surface area (Å²) < 4.78 is 111. The van der Waals surface area contributed by atoms with Crippen molar-refractivity contribution in [2.45, 2.75) is 24.1 Å². The molecule has 1 rings (SSSR count). The van der Waals surface area contributed by atoms with Crippen molar-refractivity contribution >= 4 is 5.97 Å². The number of alkyl halides is 8. The highest BCUT2D eigenvalue weighted by Crippen LogP contribution is 2.62. The monoisotopic (exact) mass is 344 g/mol. The van der Waals surface area contributed by atoms with Crippen molar-refractivity contribution in [3.8, 4) is 0 Å². The molecule has 1 aliphatic heterocycles. The first-order valence-electron chi connectivity index (χ1n) is 5.33. The van der Waals surface area contributed by atoms with Crippen LogP contribution in [-0.2, 0) is 14.3 Å². The Balaban J connectivity index is 3.36. The van der Waals surface area contributed by atoms with Crippen LogP contribution in [0.1, 0.15) is 0 Å². The van der Waals surface area contributed by atoms with Crippen LogP contribution in [0.5, 0.6) is 0 Å². The van der Waals surface area contributed by atoms with Gasteiger partial charge in [-0.15, -0.1) is 0 Å². The zero-order chi connectivity index (χ0) is 17.6. The number of carbonyl (C=O) groups is 1. The lowest BCUT2D eigenvalue weighted by Crippen LogP contribution is -2.65. The van der Waals surface area contributed by atoms with E-state index in [4.69, 9.17) is 5.11 Å². The van der Waals surface area contributed by atoms with Crippen LogP contribution in [0.25, 0.3) is 0 Å². The summed E-state index contributed by atoms with van der Waals surface area (Å²) >= 11 is 0. The molecule has 4 nitrogen and oxygen atoms in total. The van der Waals surface area contributed by atoms with Crippen LogP contribution in [0, 0.1) is 5.41 Å². The van der Waals surface area contributed by atoms with Gasteiger partial charge in [0, 0.05) is 6.08 Å². The first kappa shape index (κ1) is 18.6. The van der Waals surface area contributed by atoms with Crippen LogP contribution in [0.3, 0.4) is 0 Å². The molecule has 1 saturated heterocycles. The predicted molar refractivity (Wildman–Crippen MR) is 51.5 cm³/mol. The molecular weight excluding hydrogens is 336 g/mol. The maximum Gasteiger partial charge on any atom is 0.449 e. The molecule has 0 radical (unpaired) electrons. The summed E-state index contributed by atoms with van der Waals surface area (Å²) in [5.74, 6) is -12.8. The van der Waals surface area contributed by atoms with Crippen molar-refractivity contribution in [2.75, 3.05) is 13.2 Å². The SMILES string of the molecule is C=CC(=O)OCC1(C(F)(F)F)COC(O)(C(F)(F)F)C1(F)F. The quantitative estimate of drug-likeness (QED) is 0.484. The van der Waals surface area contributed by atoms with Crippen LogP contribution in [-0.4, -0.2) is 48.4 Å². The molecule has 1 N–H and O–H groups in total. The van der Waals surface area contributed by atoms with Gasteiger partial charge in [0.05, 0.1) is 6.61 Å². The standard InChI is InChI=1S/C10H8F8O4/c1-2-5(19)21-3-6(9(13,14)15)4-22-8(20,7(6,11)12)10(16,17)18/h2,20H,1,3-4H2. The van der Waals surface area contributed by atoms with Gasteiger partial charge in [0.15, 0.2) is 5.41 Å². The third-order valence-corrected chi connectivity index (χ3v) is 3.11. The van der Waals surface area contributed by atoms with E-state index in [0.717, 1.165) is 0 Å². The van der Waals surface area contributed by atoms with E-state index in [1.807, 2.05) is 0 Å². The number of esters is 1. The fourth-order valence-electron chi connectivity index (χ4n) is 1.72. The van der Waals surface area contributed by atoms with Gasteiger partial charge in [0.1, 0.15) is 6.61 Å². The second-order valence-corrected chi connectivity index (χ2v) is 4.40. The first-order valence-corrected chi connectivity index (χ1v) is 5.33. The van der Waals surface area contributed by atoms with Crippen LogP contribution in [0.2, 0.25) is 0 Å². The van der Waals surface area contributed by atoms with Crippen LogP contribution in [0.4, 0.5) is 35.1 Å². The van der Waals surface area contributed by atoms with Crippen molar-refractivity contribution in [3.63, 3.8) is 0 Å². The number of ether oxygens (including phenoxy) is 2. The Morgan fingerprint density at radius 1 is 1.23 bits per heavy atom. The minimum atomic E-state index is -6.22. The van der Waals surface area contributed by atoms with Gasteiger partial charge in [-0.05, 0) is 0 Å². The maximum absolute atomic E-state index is 13.8. The first-order chi connectivity index (χ1) is 9.66. The number of halogens is 8. The number of aliphatic hydroxyl groups is 1. The van der Waals surface area contributed by atoms with Gasteiger partial charge >= 0.3 is 30.0 Å². The zero-order valence-corrected chi connectivity index (χ0v) is 10.4. The van der Waals surface area contributed by atoms with Gasteiger partial charge in [-0.25, -0.2) is 4.79 Å². The molecule has 1 aliphatic rings. The van der Waals surface area contributed by atoms with Crippen molar-refractivity contribution in [1.29, 1.82) is 0 Å². The van der Waals surface area contributed by atoms with E-state index >= 15 is 0 Å². The maximum atomic E-state index is 13.8. The van der Waals surface area contributed by atoms with E-state index in [2.05, 4.69) is 16.1 Å². The molecule has 0 aromatic heterocycles. The molecule has 0 bridgehead atoms. The Hall–Kier alpha value is -1.43. The average molecular weight is 344 g/mol. The largest absolute Gasteiger partial charge is 0.461 e. The molecule has 22 heavy (non-hydrogen) atoms. The van der Waals surface area contributed by atoms with Crippen molar-refractivity contribution in [2.24, 2.45) is 5.41 Å². The average Bonchev–Trinajstić information content (AvgIpc) is 2.55. The lowest BCUT2D eigenvalue weighted by Gasteiger charge is -2.38. The number of rotatable bonds is 3. The lowest BCUT2D eigenvalue weighted by atomic mass is 9.80. The molecule has 1 fully saturated rings.